The van der Waals surface area contributed by atoms with Crippen LogP contribution in [0.4, 0.5) is 14.5 Å². The highest BCUT2D eigenvalue weighted by molar-refractivity contribution is 5.96. The van der Waals surface area contributed by atoms with Gasteiger partial charge in [-0.05, 0) is 25.0 Å². The highest BCUT2D eigenvalue weighted by Crippen LogP contribution is 2.42. The molecule has 1 aromatic rings. The summed E-state index contributed by atoms with van der Waals surface area (Å²) in [6, 6.07) is 3.29. The largest absolute Gasteiger partial charge is 0.341 e. The number of nitrogens with zero attached hydrogens (tertiary/aromatic N) is 2. The van der Waals surface area contributed by atoms with Gasteiger partial charge in [-0.3, -0.25) is 15.0 Å². The minimum Gasteiger partial charge on any atom is -0.341 e. The molecule has 3 fully saturated rings. The van der Waals surface area contributed by atoms with E-state index in [0.717, 1.165) is 31.5 Å². The van der Waals surface area contributed by atoms with Crippen LogP contribution in [0.2, 0.25) is 0 Å². The van der Waals surface area contributed by atoms with E-state index in [2.05, 4.69) is 10.9 Å². The van der Waals surface area contributed by atoms with Crippen LogP contribution in [0.5, 0.6) is 0 Å². The number of nitrogens with one attached hydrogen (secondary N) is 2. The van der Waals surface area contributed by atoms with Crippen LogP contribution >= 0.6 is 0 Å². The van der Waals surface area contributed by atoms with Crippen molar-refractivity contribution >= 4 is 17.5 Å². The summed E-state index contributed by atoms with van der Waals surface area (Å²) in [5, 5.41) is 0. The van der Waals surface area contributed by atoms with Gasteiger partial charge in [0.25, 0.3) is 0 Å². The van der Waals surface area contributed by atoms with Crippen LogP contribution in [0, 0.1) is 17.0 Å². The Kier molecular flexibility index (Phi) is 3.96. The Morgan fingerprint density at radius 3 is 2.80 bits per heavy atom. The molecular formula is C17H20F2N4O2. The summed E-state index contributed by atoms with van der Waals surface area (Å²) in [7, 11) is 0. The van der Waals surface area contributed by atoms with Gasteiger partial charge < -0.3 is 9.80 Å². The fraction of sp³-hybridized carbons (Fsp3) is 0.529. The first kappa shape index (κ1) is 16.4. The highest BCUT2D eigenvalue weighted by atomic mass is 19.2. The van der Waals surface area contributed by atoms with Gasteiger partial charge in [-0.25, -0.2) is 14.2 Å². The van der Waals surface area contributed by atoms with Crippen molar-refractivity contribution in [3.05, 3.63) is 29.8 Å². The zero-order valence-electron chi connectivity index (χ0n) is 13.7. The molecule has 2 atom stereocenters. The third kappa shape index (κ3) is 2.89. The van der Waals surface area contributed by atoms with Crippen LogP contribution in [0.1, 0.15) is 19.3 Å². The van der Waals surface area contributed by atoms with Gasteiger partial charge in [0.2, 0.25) is 11.8 Å². The third-order valence-corrected chi connectivity index (χ3v) is 5.42. The van der Waals surface area contributed by atoms with Gasteiger partial charge in [-0.15, -0.1) is 0 Å². The molecule has 8 heteroatoms. The van der Waals surface area contributed by atoms with Crippen LogP contribution in [0.25, 0.3) is 0 Å². The molecule has 0 aromatic heterocycles. The lowest BCUT2D eigenvalue weighted by molar-refractivity contribution is -0.132. The number of likely N-dealkylation sites (tertiary alicyclic amines) is 1. The molecule has 0 aliphatic carbocycles. The molecule has 25 heavy (non-hydrogen) atoms. The lowest BCUT2D eigenvalue weighted by atomic mass is 9.86. The van der Waals surface area contributed by atoms with Gasteiger partial charge in [0.1, 0.15) is 6.04 Å². The van der Waals surface area contributed by atoms with Crippen LogP contribution in [-0.2, 0) is 9.59 Å². The Balaban J connectivity index is 1.48. The fourth-order valence-electron chi connectivity index (χ4n) is 4.07. The molecule has 3 aliphatic heterocycles. The summed E-state index contributed by atoms with van der Waals surface area (Å²) < 4.78 is 26.6. The molecule has 134 valence electrons. The monoisotopic (exact) mass is 350 g/mol. The number of carbonyl (C=O) groups is 2. The average Bonchev–Trinajstić information content (AvgIpc) is 3.31. The minimum absolute atomic E-state index is 0.0561. The number of carbonyl (C=O) groups excluding carboxylic acids is 2. The molecule has 6 nitrogen and oxygen atoms in total. The Labute approximate surface area is 144 Å². The number of hydrazine groups is 1. The highest BCUT2D eigenvalue weighted by Gasteiger charge is 2.49. The second kappa shape index (κ2) is 6.03. The molecule has 3 aliphatic rings. The van der Waals surface area contributed by atoms with Gasteiger partial charge in [0, 0.05) is 49.8 Å². The van der Waals surface area contributed by atoms with Crippen molar-refractivity contribution < 1.29 is 18.4 Å². The third-order valence-electron chi connectivity index (χ3n) is 5.42. The maximum atomic E-state index is 13.5. The van der Waals surface area contributed by atoms with E-state index in [9.17, 15) is 18.4 Å². The summed E-state index contributed by atoms with van der Waals surface area (Å²) in [6.07, 6.45) is 1.82. The number of hydrogen-bond acceptors (Lipinski definition) is 4. The van der Waals surface area contributed by atoms with Crippen LogP contribution in [0.15, 0.2) is 18.2 Å². The minimum atomic E-state index is -0.964. The zero-order chi connectivity index (χ0) is 17.6. The summed E-state index contributed by atoms with van der Waals surface area (Å²) in [5.74, 6) is -1.95. The molecule has 0 saturated carbocycles. The average molecular weight is 350 g/mol. The standard InChI is InChI=1S/C17H20F2N4O2/c18-12-2-1-11(7-13(12)19)23-10-17(8-15(23)24)4-6-22(9-17)16(25)14-3-5-20-21-14/h1-2,7,14,20-21H,3-6,8-10H2. The summed E-state index contributed by atoms with van der Waals surface area (Å²) >= 11 is 0. The predicted octanol–water partition coefficient (Wildman–Crippen LogP) is 0.787. The number of anilines is 1. The first-order valence-electron chi connectivity index (χ1n) is 8.50. The topological polar surface area (TPSA) is 64.7 Å². The van der Waals surface area contributed by atoms with Crippen molar-refractivity contribution in [3.63, 3.8) is 0 Å². The summed E-state index contributed by atoms with van der Waals surface area (Å²) in [6.45, 7) is 2.33. The number of benzene rings is 1. The van der Waals surface area contributed by atoms with E-state index in [1.807, 2.05) is 4.90 Å². The molecule has 1 spiro atoms. The second-order valence-corrected chi connectivity index (χ2v) is 7.18. The number of rotatable bonds is 2. The lowest BCUT2D eigenvalue weighted by Gasteiger charge is -2.25. The van der Waals surface area contributed by atoms with E-state index < -0.39 is 11.6 Å². The van der Waals surface area contributed by atoms with Crippen molar-refractivity contribution in [2.24, 2.45) is 5.41 Å². The lowest BCUT2D eigenvalue weighted by Crippen LogP contribution is -2.45. The van der Waals surface area contributed by atoms with E-state index in [1.54, 1.807) is 0 Å². The zero-order valence-corrected chi connectivity index (χ0v) is 13.7. The Hall–Kier alpha value is -2.06. The normalized spacial score (nSPS) is 29.2. The number of amides is 2. The fourth-order valence-corrected chi connectivity index (χ4v) is 4.07. The summed E-state index contributed by atoms with van der Waals surface area (Å²) in [5.41, 5.74) is 5.99. The molecule has 1 aromatic carbocycles. The number of halogens is 2. The summed E-state index contributed by atoms with van der Waals surface area (Å²) in [4.78, 5) is 28.3. The van der Waals surface area contributed by atoms with Crippen molar-refractivity contribution in [2.45, 2.75) is 25.3 Å². The van der Waals surface area contributed by atoms with Crippen molar-refractivity contribution in [3.8, 4) is 0 Å². The number of hydrogen-bond donors (Lipinski definition) is 2. The first-order valence-corrected chi connectivity index (χ1v) is 8.50. The van der Waals surface area contributed by atoms with Crippen molar-refractivity contribution in [1.82, 2.24) is 15.8 Å². The van der Waals surface area contributed by atoms with Gasteiger partial charge in [0.15, 0.2) is 11.6 Å². The van der Waals surface area contributed by atoms with Gasteiger partial charge in [-0.1, -0.05) is 0 Å². The van der Waals surface area contributed by atoms with Crippen LogP contribution < -0.4 is 15.8 Å². The van der Waals surface area contributed by atoms with Gasteiger partial charge in [0.05, 0.1) is 0 Å². The molecule has 0 bridgehead atoms. The maximum Gasteiger partial charge on any atom is 0.241 e. The maximum absolute atomic E-state index is 13.5. The smallest absolute Gasteiger partial charge is 0.241 e. The van der Waals surface area contributed by atoms with Crippen molar-refractivity contribution in [2.75, 3.05) is 31.1 Å². The molecular weight excluding hydrogens is 330 g/mol. The SMILES string of the molecule is O=C(C1CCNN1)N1CCC2(CC(=O)N(c3ccc(F)c(F)c3)C2)C1. The molecule has 4 rings (SSSR count). The first-order chi connectivity index (χ1) is 12.0. The Bertz CT molecular complexity index is 723. The van der Waals surface area contributed by atoms with E-state index in [4.69, 9.17) is 0 Å². The van der Waals surface area contributed by atoms with Gasteiger partial charge >= 0.3 is 0 Å². The molecule has 3 saturated heterocycles. The molecule has 2 N–H and O–H groups in total. The van der Waals surface area contributed by atoms with Crippen LogP contribution in [-0.4, -0.2) is 48.9 Å². The van der Waals surface area contributed by atoms with E-state index in [1.165, 1.54) is 11.0 Å². The second-order valence-electron chi connectivity index (χ2n) is 7.18. The van der Waals surface area contributed by atoms with Crippen molar-refractivity contribution in [1.29, 1.82) is 0 Å². The molecule has 2 amide bonds. The quantitative estimate of drug-likeness (QED) is 0.828. The molecule has 0 radical (unpaired) electrons. The van der Waals surface area contributed by atoms with E-state index in [0.29, 0.717) is 31.7 Å². The molecule has 3 heterocycles. The Morgan fingerprint density at radius 1 is 1.24 bits per heavy atom. The van der Waals surface area contributed by atoms with E-state index in [-0.39, 0.29) is 23.3 Å². The van der Waals surface area contributed by atoms with Crippen LogP contribution in [0.3, 0.4) is 0 Å². The molecule has 2 unspecified atom stereocenters. The Morgan fingerprint density at radius 2 is 2.08 bits per heavy atom. The predicted molar refractivity (Wildman–Crippen MR) is 86.5 cm³/mol. The van der Waals surface area contributed by atoms with E-state index >= 15 is 0 Å². The van der Waals surface area contributed by atoms with Gasteiger partial charge in [-0.2, -0.15) is 0 Å².